The van der Waals surface area contributed by atoms with Crippen molar-refractivity contribution in [3.8, 4) is 0 Å². The Bertz CT molecular complexity index is 529. The van der Waals surface area contributed by atoms with E-state index >= 15 is 0 Å². The highest BCUT2D eigenvalue weighted by molar-refractivity contribution is 5.94. The smallest absolute Gasteiger partial charge is 0.268 e. The molecular weight excluding hydrogens is 256 g/mol. The number of aromatic nitrogens is 1. The lowest BCUT2D eigenvalue weighted by Crippen LogP contribution is -2.44. The largest absolute Gasteiger partial charge is 0.397 e. The zero-order chi connectivity index (χ0) is 14.9. The van der Waals surface area contributed by atoms with Gasteiger partial charge in [-0.25, -0.2) is 0 Å². The fourth-order valence-electron chi connectivity index (χ4n) is 2.15. The summed E-state index contributed by atoms with van der Waals surface area (Å²) >= 11 is 0. The molecule has 0 radical (unpaired) electrons. The molecule has 1 heterocycles. The minimum absolute atomic E-state index is 0.102. The molecule has 2 amide bonds. The van der Waals surface area contributed by atoms with Crippen molar-refractivity contribution in [2.24, 2.45) is 5.41 Å². The lowest BCUT2D eigenvalue weighted by atomic mass is 9.92. The van der Waals surface area contributed by atoms with E-state index in [4.69, 9.17) is 5.73 Å². The predicted octanol–water partition coefficient (Wildman–Crippen LogP) is 0.907. The minimum Gasteiger partial charge on any atom is -0.397 e. The minimum atomic E-state index is -0.646. The summed E-state index contributed by atoms with van der Waals surface area (Å²) < 4.78 is 1.93. The molecule has 1 aromatic heterocycles. The Morgan fingerprint density at radius 3 is 2.65 bits per heavy atom. The van der Waals surface area contributed by atoms with Crippen molar-refractivity contribution in [2.75, 3.05) is 19.3 Å². The van der Waals surface area contributed by atoms with Gasteiger partial charge < -0.3 is 20.9 Å². The van der Waals surface area contributed by atoms with E-state index in [1.807, 2.05) is 4.57 Å². The first-order valence-corrected chi connectivity index (χ1v) is 6.83. The Balaban J connectivity index is 2.04. The standard InChI is InChI=1S/C14H22N4O2/c1-14(2,13(20)16-3)8-17-12(19)11-6-9(15)7-18(11)10-4-5-10/h6-7,10H,4-5,8,15H2,1-3H3,(H,16,20)(H,17,19). The molecule has 110 valence electrons. The molecular formula is C14H22N4O2. The molecule has 1 fully saturated rings. The monoisotopic (exact) mass is 278 g/mol. The molecule has 6 nitrogen and oxygen atoms in total. The third kappa shape index (κ3) is 2.95. The highest BCUT2D eigenvalue weighted by Gasteiger charge is 2.30. The number of carbonyl (C=O) groups excluding carboxylic acids is 2. The first kappa shape index (κ1) is 14.4. The zero-order valence-electron chi connectivity index (χ0n) is 12.2. The number of amides is 2. The van der Waals surface area contributed by atoms with Crippen LogP contribution in [0.4, 0.5) is 5.69 Å². The van der Waals surface area contributed by atoms with Gasteiger partial charge in [-0.05, 0) is 32.8 Å². The average molecular weight is 278 g/mol. The summed E-state index contributed by atoms with van der Waals surface area (Å²) in [6.45, 7) is 3.86. The average Bonchev–Trinajstić information content (AvgIpc) is 3.18. The molecule has 0 aromatic carbocycles. The van der Waals surface area contributed by atoms with E-state index in [0.29, 0.717) is 17.4 Å². The van der Waals surface area contributed by atoms with Gasteiger partial charge in [0.05, 0.1) is 11.1 Å². The van der Waals surface area contributed by atoms with Gasteiger partial charge >= 0.3 is 0 Å². The SMILES string of the molecule is CNC(=O)C(C)(C)CNC(=O)c1cc(N)cn1C1CC1. The van der Waals surface area contributed by atoms with E-state index in [-0.39, 0.29) is 18.4 Å². The maximum absolute atomic E-state index is 12.2. The number of nitrogens with two attached hydrogens (primary N) is 1. The fraction of sp³-hybridized carbons (Fsp3) is 0.571. The Morgan fingerprint density at radius 1 is 1.45 bits per heavy atom. The number of nitrogens with one attached hydrogen (secondary N) is 2. The van der Waals surface area contributed by atoms with Crippen molar-refractivity contribution in [3.63, 3.8) is 0 Å². The van der Waals surface area contributed by atoms with Crippen LogP contribution in [0.5, 0.6) is 0 Å². The first-order valence-electron chi connectivity index (χ1n) is 6.83. The Labute approximate surface area is 118 Å². The maximum Gasteiger partial charge on any atom is 0.268 e. The summed E-state index contributed by atoms with van der Waals surface area (Å²) in [4.78, 5) is 23.9. The van der Waals surface area contributed by atoms with Crippen LogP contribution in [0.3, 0.4) is 0 Å². The second-order valence-electron chi connectivity index (χ2n) is 5.94. The van der Waals surface area contributed by atoms with Gasteiger partial charge in [-0.3, -0.25) is 9.59 Å². The van der Waals surface area contributed by atoms with Gasteiger partial charge in [-0.15, -0.1) is 0 Å². The van der Waals surface area contributed by atoms with Crippen LogP contribution in [0.15, 0.2) is 12.3 Å². The van der Waals surface area contributed by atoms with E-state index in [1.165, 1.54) is 0 Å². The van der Waals surface area contributed by atoms with Crippen molar-refractivity contribution in [2.45, 2.75) is 32.7 Å². The predicted molar refractivity (Wildman–Crippen MR) is 77.3 cm³/mol. The molecule has 0 aliphatic heterocycles. The molecule has 6 heteroatoms. The molecule has 0 bridgehead atoms. The molecule has 1 aliphatic carbocycles. The van der Waals surface area contributed by atoms with E-state index in [0.717, 1.165) is 12.8 Å². The molecule has 1 saturated carbocycles. The third-order valence-electron chi connectivity index (χ3n) is 3.58. The van der Waals surface area contributed by atoms with Crippen LogP contribution in [0, 0.1) is 5.41 Å². The van der Waals surface area contributed by atoms with Crippen molar-refractivity contribution < 1.29 is 9.59 Å². The van der Waals surface area contributed by atoms with Gasteiger partial charge in [0.15, 0.2) is 0 Å². The van der Waals surface area contributed by atoms with Gasteiger partial charge in [0.25, 0.3) is 5.91 Å². The Morgan fingerprint density at radius 2 is 2.10 bits per heavy atom. The summed E-state index contributed by atoms with van der Waals surface area (Å²) in [6.07, 6.45) is 3.97. The number of rotatable bonds is 5. The van der Waals surface area contributed by atoms with Crippen molar-refractivity contribution in [3.05, 3.63) is 18.0 Å². The fourth-order valence-corrected chi connectivity index (χ4v) is 2.15. The van der Waals surface area contributed by atoms with Crippen LogP contribution in [-0.2, 0) is 4.79 Å². The van der Waals surface area contributed by atoms with Crippen molar-refractivity contribution in [1.82, 2.24) is 15.2 Å². The molecule has 20 heavy (non-hydrogen) atoms. The quantitative estimate of drug-likeness (QED) is 0.748. The zero-order valence-corrected chi connectivity index (χ0v) is 12.2. The summed E-state index contributed by atoms with van der Waals surface area (Å²) in [7, 11) is 1.59. The highest BCUT2D eigenvalue weighted by Crippen LogP contribution is 2.37. The Hall–Kier alpha value is -1.98. The number of hydrogen-bond donors (Lipinski definition) is 3. The van der Waals surface area contributed by atoms with Gasteiger partial charge in [-0.1, -0.05) is 0 Å². The van der Waals surface area contributed by atoms with E-state index in [2.05, 4.69) is 10.6 Å². The van der Waals surface area contributed by atoms with Crippen LogP contribution in [0.25, 0.3) is 0 Å². The molecule has 0 saturated heterocycles. The molecule has 4 N–H and O–H groups in total. The van der Waals surface area contributed by atoms with Crippen LogP contribution in [-0.4, -0.2) is 30.0 Å². The number of anilines is 1. The topological polar surface area (TPSA) is 89.2 Å². The molecule has 1 aromatic rings. The van der Waals surface area contributed by atoms with Crippen LogP contribution >= 0.6 is 0 Å². The summed E-state index contributed by atoms with van der Waals surface area (Å²) in [5.41, 5.74) is 6.28. The normalized spacial score (nSPS) is 14.9. The van der Waals surface area contributed by atoms with Gasteiger partial charge in [0.1, 0.15) is 5.69 Å². The molecule has 0 spiro atoms. The van der Waals surface area contributed by atoms with Crippen molar-refractivity contribution in [1.29, 1.82) is 0 Å². The summed E-state index contributed by atoms with van der Waals surface area (Å²) in [5, 5.41) is 5.41. The second kappa shape index (κ2) is 5.19. The lowest BCUT2D eigenvalue weighted by molar-refractivity contribution is -0.128. The molecule has 2 rings (SSSR count). The summed E-state index contributed by atoms with van der Waals surface area (Å²) in [5.74, 6) is -0.291. The number of nitrogens with zero attached hydrogens (tertiary/aromatic N) is 1. The summed E-state index contributed by atoms with van der Waals surface area (Å²) in [6, 6.07) is 2.07. The lowest BCUT2D eigenvalue weighted by Gasteiger charge is -2.23. The van der Waals surface area contributed by atoms with Crippen LogP contribution in [0.2, 0.25) is 0 Å². The van der Waals surface area contributed by atoms with E-state index < -0.39 is 5.41 Å². The second-order valence-corrected chi connectivity index (χ2v) is 5.94. The van der Waals surface area contributed by atoms with Gasteiger partial charge in [0, 0.05) is 25.8 Å². The number of carbonyl (C=O) groups is 2. The Kier molecular flexibility index (Phi) is 3.74. The molecule has 1 aliphatic rings. The molecule has 0 unspecified atom stereocenters. The third-order valence-corrected chi connectivity index (χ3v) is 3.58. The van der Waals surface area contributed by atoms with Gasteiger partial charge in [-0.2, -0.15) is 0 Å². The molecule has 0 atom stereocenters. The van der Waals surface area contributed by atoms with E-state index in [9.17, 15) is 9.59 Å². The van der Waals surface area contributed by atoms with Crippen LogP contribution in [0.1, 0.15) is 43.2 Å². The highest BCUT2D eigenvalue weighted by atomic mass is 16.2. The first-order chi connectivity index (χ1) is 9.35. The van der Waals surface area contributed by atoms with Crippen LogP contribution < -0.4 is 16.4 Å². The number of nitrogen functional groups attached to an aromatic ring is 1. The maximum atomic E-state index is 12.2. The van der Waals surface area contributed by atoms with E-state index in [1.54, 1.807) is 33.2 Å². The number of hydrogen-bond acceptors (Lipinski definition) is 3. The van der Waals surface area contributed by atoms with Gasteiger partial charge in [0.2, 0.25) is 5.91 Å². The van der Waals surface area contributed by atoms with Crippen molar-refractivity contribution >= 4 is 17.5 Å².